The van der Waals surface area contributed by atoms with Crippen LogP contribution in [0, 0.1) is 0 Å². The third-order valence-corrected chi connectivity index (χ3v) is 1.51. The minimum absolute atomic E-state index is 0.0247. The van der Waals surface area contributed by atoms with Crippen molar-refractivity contribution in [2.75, 3.05) is 6.26 Å². The van der Waals surface area contributed by atoms with Crippen LogP contribution in [-0.2, 0) is 0 Å². The van der Waals surface area contributed by atoms with E-state index in [0.717, 1.165) is 0 Å². The Morgan fingerprint density at radius 1 is 1.80 bits per heavy atom. The van der Waals surface area contributed by atoms with Crippen molar-refractivity contribution in [3.8, 4) is 0 Å². The second-order valence-corrected chi connectivity index (χ2v) is 3.60. The molecule has 0 saturated carbocycles. The van der Waals surface area contributed by atoms with E-state index in [-0.39, 0.29) is 9.70 Å². The highest BCUT2D eigenvalue weighted by atomic mass is 35.7. The van der Waals surface area contributed by atoms with Crippen molar-refractivity contribution >= 4 is 25.7 Å². The van der Waals surface area contributed by atoms with Crippen LogP contribution in [0.3, 0.4) is 0 Å². The first-order valence-corrected chi connectivity index (χ1v) is 3.90. The van der Waals surface area contributed by atoms with Crippen molar-refractivity contribution < 1.29 is 0 Å². The van der Waals surface area contributed by atoms with Crippen LogP contribution >= 0.6 is 20.4 Å². The van der Waals surface area contributed by atoms with Gasteiger partial charge in [-0.3, -0.25) is 0 Å². The molecule has 0 N–H and O–H groups in total. The monoisotopic (exact) mass is 110 g/mol. The van der Waals surface area contributed by atoms with E-state index in [2.05, 4.69) is 0 Å². The summed E-state index contributed by atoms with van der Waals surface area (Å²) in [5, 5.41) is 1.96. The molecule has 5 heavy (non-hydrogen) atoms. The molecule has 0 spiro atoms. The highest BCUT2D eigenvalue weighted by Crippen LogP contribution is 2.08. The van der Waals surface area contributed by atoms with Crippen LogP contribution < -0.4 is 0 Å². The molecule has 32 valence electrons. The number of rotatable bonds is 0. The van der Waals surface area contributed by atoms with Gasteiger partial charge in [0.25, 0.3) is 0 Å². The topological polar surface area (TPSA) is 0 Å². The number of hydrogen-bond acceptors (Lipinski definition) is 0. The zero-order valence-corrected chi connectivity index (χ0v) is 4.94. The lowest BCUT2D eigenvalue weighted by molar-refractivity contribution is 2.14. The van der Waals surface area contributed by atoms with Crippen molar-refractivity contribution in [3.05, 3.63) is 0 Å². The molecule has 0 amide bonds. The van der Waals surface area contributed by atoms with Gasteiger partial charge in [0, 0.05) is 0 Å². The molecule has 2 heteroatoms. The van der Waals surface area contributed by atoms with Crippen LogP contribution in [0.25, 0.3) is 0 Å². The molecule has 1 unspecified atom stereocenters. The number of halogens is 1. The Kier molecular flexibility index (Phi) is 3.01. The molecular formula is C3H7ClS. The zero-order chi connectivity index (χ0) is 4.28. The molecule has 0 aromatic heterocycles. The summed E-state index contributed by atoms with van der Waals surface area (Å²) < 4.78 is 0. The van der Waals surface area contributed by atoms with Crippen LogP contribution in [0.2, 0.25) is 0 Å². The summed E-state index contributed by atoms with van der Waals surface area (Å²) in [5.41, 5.74) is 0. The van der Waals surface area contributed by atoms with E-state index in [1.54, 1.807) is 0 Å². The van der Waals surface area contributed by atoms with Crippen molar-refractivity contribution in [1.29, 1.82) is 0 Å². The summed E-state index contributed by atoms with van der Waals surface area (Å²) in [6.07, 6.45) is 1.96. The average molecular weight is 111 g/mol. The molecule has 0 aliphatic heterocycles. The van der Waals surface area contributed by atoms with E-state index in [0.29, 0.717) is 0 Å². The minimum Gasteiger partial charge on any atom is -0.102 e. The van der Waals surface area contributed by atoms with Gasteiger partial charge in [-0.2, -0.15) is 0 Å². The van der Waals surface area contributed by atoms with E-state index >= 15 is 0 Å². The summed E-state index contributed by atoms with van der Waals surface area (Å²) in [6.45, 7) is 1.95. The first-order valence-electron chi connectivity index (χ1n) is 1.38. The highest BCUT2D eigenvalue weighted by Gasteiger charge is 1.60. The quantitative estimate of drug-likeness (QED) is 0.418. The molecule has 0 aromatic carbocycles. The molecule has 0 saturated heterocycles. The molecule has 0 bridgehead atoms. The van der Waals surface area contributed by atoms with Crippen molar-refractivity contribution in [2.24, 2.45) is 0 Å². The molecule has 0 aliphatic rings. The standard InChI is InChI=1S/C3H7ClS/c1-3-5(2)4/h3H,1-2H3. The van der Waals surface area contributed by atoms with Gasteiger partial charge in [0.2, 0.25) is 0 Å². The van der Waals surface area contributed by atoms with E-state index in [4.69, 9.17) is 10.7 Å². The molecular weight excluding hydrogens is 104 g/mol. The second kappa shape index (κ2) is 2.73. The Morgan fingerprint density at radius 2 is 2.00 bits per heavy atom. The fourth-order valence-corrected chi connectivity index (χ4v) is 0. The molecule has 0 fully saturated rings. The van der Waals surface area contributed by atoms with Gasteiger partial charge in [0.1, 0.15) is 0 Å². The maximum Gasteiger partial charge on any atom is -0.00960 e. The smallest absolute Gasteiger partial charge is 0.00960 e. The first-order chi connectivity index (χ1) is 2.27. The maximum atomic E-state index is 5.43. The minimum atomic E-state index is 0.0247. The van der Waals surface area contributed by atoms with Crippen LogP contribution in [-0.4, -0.2) is 11.6 Å². The lowest BCUT2D eigenvalue weighted by Crippen LogP contribution is -1.47. The molecule has 0 radical (unpaired) electrons. The molecule has 0 aromatic rings. The summed E-state index contributed by atoms with van der Waals surface area (Å²) in [5.74, 6) is 0. The van der Waals surface area contributed by atoms with Crippen LogP contribution in [0.1, 0.15) is 6.92 Å². The normalized spacial score (nSPS) is 15.8. The van der Waals surface area contributed by atoms with Gasteiger partial charge in [0.15, 0.2) is 0 Å². The summed E-state index contributed by atoms with van der Waals surface area (Å²) in [4.78, 5) is 0. The molecule has 0 nitrogen and oxygen atoms in total. The fourth-order valence-electron chi connectivity index (χ4n) is 0. The lowest BCUT2D eigenvalue weighted by atomic mass is 11.0. The highest BCUT2D eigenvalue weighted by molar-refractivity contribution is 8.33. The fraction of sp³-hybridized carbons (Fsp3) is 0.667. The Labute approximate surface area is 39.6 Å². The first kappa shape index (κ1) is 5.51. The third-order valence-electron chi connectivity index (χ3n) is 0.325. The number of hydrogen-bond donors (Lipinski definition) is 0. The van der Waals surface area contributed by atoms with Gasteiger partial charge >= 0.3 is 0 Å². The van der Waals surface area contributed by atoms with Crippen LogP contribution in [0.4, 0.5) is 0 Å². The molecule has 1 atom stereocenters. The Bertz CT molecular complexity index is 44.9. The van der Waals surface area contributed by atoms with Gasteiger partial charge in [-0.15, -0.1) is 9.70 Å². The van der Waals surface area contributed by atoms with Gasteiger partial charge in [-0.25, -0.2) is 0 Å². The van der Waals surface area contributed by atoms with Gasteiger partial charge in [-0.1, -0.05) is 10.7 Å². The van der Waals surface area contributed by atoms with E-state index < -0.39 is 0 Å². The van der Waals surface area contributed by atoms with E-state index in [9.17, 15) is 0 Å². The largest absolute Gasteiger partial charge is 0.102 e. The second-order valence-electron chi connectivity index (χ2n) is 0.715. The predicted octanol–water partition coefficient (Wildman–Crippen LogP) is 1.86. The molecule has 0 aliphatic carbocycles. The van der Waals surface area contributed by atoms with Gasteiger partial charge in [0.05, 0.1) is 0 Å². The van der Waals surface area contributed by atoms with Crippen LogP contribution in [0.5, 0.6) is 0 Å². The summed E-state index contributed by atoms with van der Waals surface area (Å²) >= 11 is 0. The predicted molar refractivity (Wildman–Crippen MR) is 31.1 cm³/mol. The van der Waals surface area contributed by atoms with Gasteiger partial charge in [-0.05, 0) is 18.5 Å². The van der Waals surface area contributed by atoms with Crippen LogP contribution in [0.15, 0.2) is 0 Å². The molecule has 0 heterocycles. The van der Waals surface area contributed by atoms with E-state index in [1.807, 2.05) is 18.5 Å². The summed E-state index contributed by atoms with van der Waals surface area (Å²) in [7, 11) is 5.46. The zero-order valence-electron chi connectivity index (χ0n) is 3.36. The van der Waals surface area contributed by atoms with Gasteiger partial charge < -0.3 is 0 Å². The Morgan fingerprint density at radius 3 is 2.00 bits per heavy atom. The van der Waals surface area contributed by atoms with Crippen molar-refractivity contribution in [1.82, 2.24) is 0 Å². The maximum absolute atomic E-state index is 5.43. The average Bonchev–Trinajstić information content (AvgIpc) is 1.38. The van der Waals surface area contributed by atoms with Crippen molar-refractivity contribution in [3.63, 3.8) is 0 Å². The Balaban J connectivity index is 3.14. The van der Waals surface area contributed by atoms with Crippen molar-refractivity contribution in [2.45, 2.75) is 6.92 Å². The lowest BCUT2D eigenvalue weighted by Gasteiger charge is -1.73. The Hall–Kier alpha value is 0.510. The SMILES string of the molecule is CC=S(C)Cl. The van der Waals surface area contributed by atoms with E-state index in [1.165, 1.54) is 0 Å². The molecule has 0 rings (SSSR count). The summed E-state index contributed by atoms with van der Waals surface area (Å²) in [6, 6.07) is 0. The third kappa shape index (κ3) is 4.51.